The molecule has 1 aromatic carbocycles. The molecule has 1 unspecified atom stereocenters. The highest BCUT2D eigenvalue weighted by atomic mass is 79.9. The summed E-state index contributed by atoms with van der Waals surface area (Å²) in [6, 6.07) is 10.9. The number of nitrogens with one attached hydrogen (secondary N) is 1. The Kier molecular flexibility index (Phi) is 4.19. The molecule has 0 aliphatic heterocycles. The lowest BCUT2D eigenvalue weighted by Gasteiger charge is -2.21. The normalized spacial score (nSPS) is 14.4. The number of benzene rings is 1. The van der Waals surface area contributed by atoms with Gasteiger partial charge in [0.15, 0.2) is 0 Å². The largest absolute Gasteiger partial charge is 0.302 e. The van der Waals surface area contributed by atoms with Crippen LogP contribution in [0.3, 0.4) is 0 Å². The van der Waals surface area contributed by atoms with Gasteiger partial charge in [0.25, 0.3) is 0 Å². The molecule has 0 bridgehead atoms. The van der Waals surface area contributed by atoms with Gasteiger partial charge in [-0.15, -0.1) is 0 Å². The van der Waals surface area contributed by atoms with E-state index in [4.69, 9.17) is 0 Å². The maximum atomic E-state index is 4.20. The minimum absolute atomic E-state index is 0.264. The minimum atomic E-state index is 0.264. The van der Waals surface area contributed by atoms with Gasteiger partial charge < -0.3 is 5.32 Å². The molecular weight excluding hydrogens is 290 g/mol. The van der Waals surface area contributed by atoms with Crippen LogP contribution in [-0.4, -0.2) is 9.78 Å². The van der Waals surface area contributed by atoms with Gasteiger partial charge in [0.05, 0.1) is 5.69 Å². The Labute approximate surface area is 116 Å². The summed E-state index contributed by atoms with van der Waals surface area (Å²) in [7, 11) is 1.97. The van der Waals surface area contributed by atoms with Crippen LogP contribution in [0.25, 0.3) is 0 Å². The van der Waals surface area contributed by atoms with Crippen LogP contribution in [-0.2, 0) is 7.05 Å². The predicted octanol–water partition coefficient (Wildman–Crippen LogP) is 3.59. The molecule has 1 heterocycles. The first-order valence-electron chi connectivity index (χ1n) is 6.08. The quantitative estimate of drug-likeness (QED) is 0.935. The second-order valence-corrected chi connectivity index (χ2v) is 5.37. The molecule has 96 valence electrons. The summed E-state index contributed by atoms with van der Waals surface area (Å²) in [6.45, 7) is 4.33. The van der Waals surface area contributed by atoms with Crippen molar-refractivity contribution in [2.24, 2.45) is 7.05 Å². The van der Waals surface area contributed by atoms with E-state index in [0.29, 0.717) is 0 Å². The highest BCUT2D eigenvalue weighted by Crippen LogP contribution is 2.25. The van der Waals surface area contributed by atoms with Gasteiger partial charge in [-0.05, 0) is 31.5 Å². The van der Waals surface area contributed by atoms with Crippen molar-refractivity contribution in [3.63, 3.8) is 0 Å². The number of halogens is 1. The topological polar surface area (TPSA) is 29.9 Å². The lowest BCUT2D eigenvalue weighted by atomic mass is 10.1. The Bertz CT molecular complexity index is 521. The van der Waals surface area contributed by atoms with Crippen molar-refractivity contribution in [1.82, 2.24) is 15.1 Å². The van der Waals surface area contributed by atoms with Crippen LogP contribution < -0.4 is 5.32 Å². The van der Waals surface area contributed by atoms with Crippen molar-refractivity contribution in [3.05, 3.63) is 52.3 Å². The Morgan fingerprint density at radius 1 is 1.17 bits per heavy atom. The SMILES string of the molecule is CC(N[C@H](C)c1ccccc1Br)c1ccnn1C. The summed E-state index contributed by atoms with van der Waals surface area (Å²) in [4.78, 5) is 0. The summed E-state index contributed by atoms with van der Waals surface area (Å²) < 4.78 is 3.05. The van der Waals surface area contributed by atoms with E-state index in [1.54, 1.807) is 0 Å². The maximum absolute atomic E-state index is 4.20. The third kappa shape index (κ3) is 2.82. The highest BCUT2D eigenvalue weighted by Gasteiger charge is 2.14. The van der Waals surface area contributed by atoms with Crippen LogP contribution in [0.1, 0.15) is 37.2 Å². The fourth-order valence-corrected chi connectivity index (χ4v) is 2.81. The van der Waals surface area contributed by atoms with Crippen molar-refractivity contribution >= 4 is 15.9 Å². The smallest absolute Gasteiger partial charge is 0.0547 e. The molecule has 0 aliphatic carbocycles. The van der Waals surface area contributed by atoms with Gasteiger partial charge in [0.2, 0.25) is 0 Å². The lowest BCUT2D eigenvalue weighted by Crippen LogP contribution is -2.24. The number of aromatic nitrogens is 2. The van der Waals surface area contributed by atoms with Crippen molar-refractivity contribution in [2.45, 2.75) is 25.9 Å². The molecule has 0 amide bonds. The molecular formula is C14H18BrN3. The third-order valence-electron chi connectivity index (χ3n) is 3.17. The molecule has 1 N–H and O–H groups in total. The standard InChI is InChI=1S/C14H18BrN3/c1-10(12-6-4-5-7-13(12)15)17-11(2)14-8-9-16-18(14)3/h4-11,17H,1-3H3/t10-,11?/m1/s1. The first-order valence-corrected chi connectivity index (χ1v) is 6.87. The van der Waals surface area contributed by atoms with E-state index in [-0.39, 0.29) is 12.1 Å². The van der Waals surface area contributed by atoms with Gasteiger partial charge in [-0.2, -0.15) is 5.10 Å². The second kappa shape index (κ2) is 5.67. The van der Waals surface area contributed by atoms with Crippen LogP contribution in [0, 0.1) is 0 Å². The summed E-state index contributed by atoms with van der Waals surface area (Å²) in [5, 5.41) is 7.79. The van der Waals surface area contributed by atoms with Crippen LogP contribution >= 0.6 is 15.9 Å². The zero-order valence-electron chi connectivity index (χ0n) is 10.9. The van der Waals surface area contributed by atoms with E-state index in [2.05, 4.69) is 58.4 Å². The number of rotatable bonds is 4. The van der Waals surface area contributed by atoms with Crippen molar-refractivity contribution < 1.29 is 0 Å². The molecule has 0 aliphatic rings. The van der Waals surface area contributed by atoms with Crippen LogP contribution in [0.15, 0.2) is 41.0 Å². The fourth-order valence-electron chi connectivity index (χ4n) is 2.19. The average Bonchev–Trinajstić information content (AvgIpc) is 2.76. The van der Waals surface area contributed by atoms with E-state index >= 15 is 0 Å². The fraction of sp³-hybridized carbons (Fsp3) is 0.357. The summed E-state index contributed by atoms with van der Waals surface area (Å²) in [6.07, 6.45) is 1.83. The molecule has 2 atom stereocenters. The van der Waals surface area contributed by atoms with Gasteiger partial charge in [-0.1, -0.05) is 34.1 Å². The first kappa shape index (κ1) is 13.3. The zero-order chi connectivity index (χ0) is 13.1. The van der Waals surface area contributed by atoms with E-state index in [1.165, 1.54) is 11.3 Å². The van der Waals surface area contributed by atoms with E-state index in [9.17, 15) is 0 Å². The van der Waals surface area contributed by atoms with Crippen LogP contribution in [0.5, 0.6) is 0 Å². The van der Waals surface area contributed by atoms with E-state index in [1.807, 2.05) is 30.1 Å². The Morgan fingerprint density at radius 2 is 1.89 bits per heavy atom. The molecule has 0 radical (unpaired) electrons. The van der Waals surface area contributed by atoms with Gasteiger partial charge in [0.1, 0.15) is 0 Å². The summed E-state index contributed by atoms with van der Waals surface area (Å²) in [5.41, 5.74) is 2.46. The highest BCUT2D eigenvalue weighted by molar-refractivity contribution is 9.10. The van der Waals surface area contributed by atoms with Gasteiger partial charge >= 0.3 is 0 Å². The van der Waals surface area contributed by atoms with Crippen LogP contribution in [0.4, 0.5) is 0 Å². The Morgan fingerprint density at radius 3 is 2.50 bits per heavy atom. The second-order valence-electron chi connectivity index (χ2n) is 4.51. The first-order chi connectivity index (χ1) is 8.59. The number of nitrogens with zero attached hydrogens (tertiary/aromatic N) is 2. The monoisotopic (exact) mass is 307 g/mol. The molecule has 0 fully saturated rings. The Hall–Kier alpha value is -1.13. The van der Waals surface area contributed by atoms with Gasteiger partial charge in [-0.25, -0.2) is 0 Å². The van der Waals surface area contributed by atoms with Crippen LogP contribution in [0.2, 0.25) is 0 Å². The number of hydrogen-bond acceptors (Lipinski definition) is 2. The van der Waals surface area contributed by atoms with Crippen molar-refractivity contribution in [2.75, 3.05) is 0 Å². The minimum Gasteiger partial charge on any atom is -0.302 e. The zero-order valence-corrected chi connectivity index (χ0v) is 12.5. The van der Waals surface area contributed by atoms with E-state index in [0.717, 1.165) is 4.47 Å². The molecule has 0 saturated heterocycles. The molecule has 4 heteroatoms. The molecule has 3 nitrogen and oxygen atoms in total. The van der Waals surface area contributed by atoms with Crippen molar-refractivity contribution in [1.29, 1.82) is 0 Å². The average molecular weight is 308 g/mol. The van der Waals surface area contributed by atoms with Gasteiger partial charge in [-0.3, -0.25) is 4.68 Å². The molecule has 1 aromatic heterocycles. The third-order valence-corrected chi connectivity index (χ3v) is 3.90. The van der Waals surface area contributed by atoms with Crippen molar-refractivity contribution in [3.8, 4) is 0 Å². The predicted molar refractivity (Wildman–Crippen MR) is 77.3 cm³/mol. The molecule has 18 heavy (non-hydrogen) atoms. The summed E-state index contributed by atoms with van der Waals surface area (Å²) >= 11 is 3.59. The van der Waals surface area contributed by atoms with E-state index < -0.39 is 0 Å². The maximum Gasteiger partial charge on any atom is 0.0547 e. The molecule has 0 saturated carbocycles. The molecule has 2 rings (SSSR count). The number of aryl methyl sites for hydroxylation is 1. The number of hydrogen-bond donors (Lipinski definition) is 1. The Balaban J connectivity index is 2.11. The van der Waals surface area contributed by atoms with Gasteiger partial charge in [0, 0.05) is 29.8 Å². The lowest BCUT2D eigenvalue weighted by molar-refractivity contribution is 0.468. The molecule has 0 spiro atoms. The summed E-state index contributed by atoms with van der Waals surface area (Å²) in [5.74, 6) is 0. The molecule has 2 aromatic rings.